The van der Waals surface area contributed by atoms with Gasteiger partial charge in [-0.2, -0.15) is 13.5 Å². The quantitative estimate of drug-likeness (QED) is 0.308. The van der Waals surface area contributed by atoms with Gasteiger partial charge in [0.2, 0.25) is 0 Å². The maximum absolute atomic E-state index is 12.3. The number of halogens is 1. The van der Waals surface area contributed by atoms with Crippen LogP contribution in [0, 0.1) is 0 Å². The van der Waals surface area contributed by atoms with E-state index in [9.17, 15) is 13.2 Å². The third kappa shape index (κ3) is 5.46. The molecule has 0 saturated heterocycles. The molecule has 7 nitrogen and oxygen atoms in total. The summed E-state index contributed by atoms with van der Waals surface area (Å²) in [5, 5.41) is 3.92. The lowest BCUT2D eigenvalue weighted by Gasteiger charge is -2.07. The van der Waals surface area contributed by atoms with E-state index < -0.39 is 16.0 Å². The van der Waals surface area contributed by atoms with E-state index in [2.05, 4.69) is 26.5 Å². The van der Waals surface area contributed by atoms with Crippen LogP contribution in [0.3, 0.4) is 0 Å². The van der Waals surface area contributed by atoms with E-state index in [1.807, 2.05) is 0 Å². The van der Waals surface area contributed by atoms with Gasteiger partial charge in [0.15, 0.2) is 0 Å². The van der Waals surface area contributed by atoms with Gasteiger partial charge in [-0.3, -0.25) is 4.79 Å². The van der Waals surface area contributed by atoms with Crippen LogP contribution < -0.4 is 14.3 Å². The average Bonchev–Trinajstić information content (AvgIpc) is 2.75. The van der Waals surface area contributed by atoms with Crippen LogP contribution in [-0.4, -0.2) is 27.6 Å². The van der Waals surface area contributed by atoms with Crippen LogP contribution in [0.2, 0.25) is 0 Å². The number of benzene rings is 3. The Morgan fingerprint density at radius 2 is 1.73 bits per heavy atom. The molecule has 9 heteroatoms. The maximum Gasteiger partial charge on any atom is 0.339 e. The van der Waals surface area contributed by atoms with Crippen LogP contribution in [0.1, 0.15) is 15.9 Å². The van der Waals surface area contributed by atoms with Crippen LogP contribution in [0.15, 0.2) is 87.3 Å². The highest BCUT2D eigenvalue weighted by atomic mass is 79.9. The lowest BCUT2D eigenvalue weighted by molar-refractivity contribution is 0.0952. The topological polar surface area (TPSA) is 94.1 Å². The Morgan fingerprint density at radius 1 is 1.03 bits per heavy atom. The summed E-state index contributed by atoms with van der Waals surface area (Å²) in [5.41, 5.74) is 3.40. The van der Waals surface area contributed by atoms with Crippen LogP contribution >= 0.6 is 15.9 Å². The number of rotatable bonds is 7. The van der Waals surface area contributed by atoms with Gasteiger partial charge in [0.1, 0.15) is 16.4 Å². The highest BCUT2D eigenvalue weighted by molar-refractivity contribution is 9.10. The fraction of sp³-hybridized carbons (Fsp3) is 0.0476. The largest absolute Gasteiger partial charge is 0.496 e. The van der Waals surface area contributed by atoms with Crippen molar-refractivity contribution >= 4 is 38.2 Å². The first-order valence-electron chi connectivity index (χ1n) is 8.65. The van der Waals surface area contributed by atoms with Crippen molar-refractivity contribution in [3.05, 3.63) is 88.4 Å². The SMILES string of the molecule is COc1ccc(Br)cc1C(=O)N/N=C\c1ccc(OS(=O)(=O)c2ccccc2)cc1. The van der Waals surface area contributed by atoms with E-state index in [0.29, 0.717) is 16.9 Å². The highest BCUT2D eigenvalue weighted by Crippen LogP contribution is 2.23. The number of methoxy groups -OCH3 is 1. The Hall–Kier alpha value is -3.17. The summed E-state index contributed by atoms with van der Waals surface area (Å²) < 4.78 is 35.5. The Bertz CT molecular complexity index is 1160. The van der Waals surface area contributed by atoms with Crippen molar-refractivity contribution in [3.63, 3.8) is 0 Å². The third-order valence-electron chi connectivity index (χ3n) is 3.90. The predicted octanol–water partition coefficient (Wildman–Crippen LogP) is 3.99. The van der Waals surface area contributed by atoms with Crippen molar-refractivity contribution in [2.45, 2.75) is 4.90 Å². The average molecular weight is 489 g/mol. The van der Waals surface area contributed by atoms with E-state index in [-0.39, 0.29) is 10.6 Å². The van der Waals surface area contributed by atoms with Crippen LogP contribution in [0.25, 0.3) is 0 Å². The van der Waals surface area contributed by atoms with Crippen molar-refractivity contribution in [2.24, 2.45) is 5.10 Å². The highest BCUT2D eigenvalue weighted by Gasteiger charge is 2.16. The molecule has 1 N–H and O–H groups in total. The van der Waals surface area contributed by atoms with E-state index in [1.165, 1.54) is 37.6 Å². The van der Waals surface area contributed by atoms with Gasteiger partial charge in [0, 0.05) is 4.47 Å². The zero-order chi connectivity index (χ0) is 21.6. The number of amides is 1. The van der Waals surface area contributed by atoms with Gasteiger partial charge in [0.05, 0.1) is 18.9 Å². The molecule has 0 aromatic heterocycles. The summed E-state index contributed by atoms with van der Waals surface area (Å²) in [6.45, 7) is 0. The van der Waals surface area contributed by atoms with Crippen LogP contribution in [0.5, 0.6) is 11.5 Å². The Morgan fingerprint density at radius 3 is 2.40 bits per heavy atom. The molecule has 3 rings (SSSR count). The summed E-state index contributed by atoms with van der Waals surface area (Å²) in [6.07, 6.45) is 1.43. The summed E-state index contributed by atoms with van der Waals surface area (Å²) in [6, 6.07) is 19.2. The van der Waals surface area contributed by atoms with Gasteiger partial charge in [-0.25, -0.2) is 5.43 Å². The number of carbonyl (C=O) groups excluding carboxylic acids is 1. The first-order chi connectivity index (χ1) is 14.4. The van der Waals surface area contributed by atoms with Gasteiger partial charge in [0.25, 0.3) is 5.91 Å². The molecule has 0 spiro atoms. The number of hydrazone groups is 1. The molecular formula is C21H17BrN2O5S. The first kappa shape index (κ1) is 21.5. The predicted molar refractivity (Wildman–Crippen MR) is 116 cm³/mol. The summed E-state index contributed by atoms with van der Waals surface area (Å²) in [7, 11) is -2.42. The molecule has 0 aliphatic heterocycles. The molecule has 0 saturated carbocycles. The van der Waals surface area contributed by atoms with Crippen molar-refractivity contribution in [1.29, 1.82) is 0 Å². The molecule has 3 aromatic carbocycles. The summed E-state index contributed by atoms with van der Waals surface area (Å²) in [5.74, 6) is 0.157. The number of nitrogens with zero attached hydrogens (tertiary/aromatic N) is 1. The minimum atomic E-state index is -3.90. The van der Waals surface area contributed by atoms with Crippen LogP contribution in [0.4, 0.5) is 0 Å². The lowest BCUT2D eigenvalue weighted by atomic mass is 10.2. The molecular weight excluding hydrogens is 472 g/mol. The van der Waals surface area contributed by atoms with Crippen molar-refractivity contribution in [2.75, 3.05) is 7.11 Å². The first-order valence-corrected chi connectivity index (χ1v) is 10.9. The normalized spacial score (nSPS) is 11.3. The molecule has 0 bridgehead atoms. The Balaban J connectivity index is 1.64. The van der Waals surface area contributed by atoms with Gasteiger partial charge in [-0.15, -0.1) is 0 Å². The monoisotopic (exact) mass is 488 g/mol. The molecule has 0 heterocycles. The molecule has 0 aliphatic carbocycles. The molecule has 0 aliphatic rings. The second-order valence-corrected chi connectivity index (χ2v) is 8.43. The van der Waals surface area contributed by atoms with Crippen molar-refractivity contribution in [3.8, 4) is 11.5 Å². The fourth-order valence-electron chi connectivity index (χ4n) is 2.45. The molecule has 0 unspecified atom stereocenters. The number of hydrogen-bond donors (Lipinski definition) is 1. The van der Waals surface area contributed by atoms with E-state index in [4.69, 9.17) is 8.92 Å². The van der Waals surface area contributed by atoms with E-state index in [1.54, 1.807) is 48.5 Å². The van der Waals surface area contributed by atoms with Crippen molar-refractivity contribution < 1.29 is 22.1 Å². The second kappa shape index (κ2) is 9.55. The van der Waals surface area contributed by atoms with E-state index in [0.717, 1.165) is 4.47 Å². The van der Waals surface area contributed by atoms with Gasteiger partial charge < -0.3 is 8.92 Å². The smallest absolute Gasteiger partial charge is 0.339 e. The zero-order valence-electron chi connectivity index (χ0n) is 15.8. The molecule has 0 atom stereocenters. The van der Waals surface area contributed by atoms with E-state index >= 15 is 0 Å². The molecule has 0 fully saturated rings. The minimum absolute atomic E-state index is 0.0707. The molecule has 3 aromatic rings. The number of carbonyl (C=O) groups is 1. The van der Waals surface area contributed by atoms with Gasteiger partial charge in [-0.05, 0) is 60.2 Å². The number of hydrogen-bond acceptors (Lipinski definition) is 6. The molecule has 0 radical (unpaired) electrons. The standard InChI is InChI=1S/C21H17BrN2O5S/c1-28-20-12-9-16(22)13-19(20)21(25)24-23-14-15-7-10-17(11-8-15)29-30(26,27)18-5-3-2-4-6-18/h2-14H,1H3,(H,24,25)/b23-14-. The van der Waals surface area contributed by atoms with Crippen LogP contribution in [-0.2, 0) is 10.1 Å². The molecule has 154 valence electrons. The number of nitrogens with one attached hydrogen (secondary N) is 1. The summed E-state index contributed by atoms with van der Waals surface area (Å²) in [4.78, 5) is 12.4. The second-order valence-electron chi connectivity index (χ2n) is 5.96. The van der Waals surface area contributed by atoms with Gasteiger partial charge in [-0.1, -0.05) is 34.1 Å². The summed E-state index contributed by atoms with van der Waals surface area (Å²) >= 11 is 3.31. The Labute approximate surface area is 182 Å². The third-order valence-corrected chi connectivity index (χ3v) is 5.66. The molecule has 1 amide bonds. The molecule has 30 heavy (non-hydrogen) atoms. The lowest BCUT2D eigenvalue weighted by Crippen LogP contribution is -2.18. The maximum atomic E-state index is 12.3. The zero-order valence-corrected chi connectivity index (χ0v) is 18.2. The minimum Gasteiger partial charge on any atom is -0.496 e. The van der Waals surface area contributed by atoms with Crippen molar-refractivity contribution in [1.82, 2.24) is 5.43 Å². The number of ether oxygens (including phenoxy) is 1. The van der Waals surface area contributed by atoms with Gasteiger partial charge >= 0.3 is 10.1 Å². The Kier molecular flexibility index (Phi) is 6.86. The fourth-order valence-corrected chi connectivity index (χ4v) is 3.77.